The van der Waals surface area contributed by atoms with Gasteiger partial charge < -0.3 is 0 Å². The summed E-state index contributed by atoms with van der Waals surface area (Å²) in [4.78, 5) is 4.70. The molecule has 1 aromatic carbocycles. The van der Waals surface area contributed by atoms with Crippen molar-refractivity contribution < 1.29 is 5.73 Å². The van der Waals surface area contributed by atoms with Gasteiger partial charge in [-0.15, -0.1) is 0 Å². The van der Waals surface area contributed by atoms with Gasteiger partial charge in [0.15, 0.2) is 5.69 Å². The van der Waals surface area contributed by atoms with Crippen molar-refractivity contribution in [1.82, 2.24) is 4.98 Å². The second-order valence-corrected chi connectivity index (χ2v) is 4.17. The van der Waals surface area contributed by atoms with Crippen LogP contribution in [-0.2, 0) is 12.8 Å². The van der Waals surface area contributed by atoms with Crippen molar-refractivity contribution in [3.05, 3.63) is 35.5 Å². The van der Waals surface area contributed by atoms with Crippen LogP contribution in [0.3, 0.4) is 0 Å². The predicted molar refractivity (Wildman–Crippen MR) is 60.0 cm³/mol. The van der Waals surface area contributed by atoms with Crippen molar-refractivity contribution in [3.8, 4) is 0 Å². The van der Waals surface area contributed by atoms with E-state index < -0.39 is 0 Å². The van der Waals surface area contributed by atoms with Crippen molar-refractivity contribution in [3.63, 3.8) is 0 Å². The molecule has 2 N–H and O–H groups in total. The second kappa shape index (κ2) is 3.31. The Morgan fingerprint density at radius 2 is 1.87 bits per heavy atom. The minimum atomic E-state index is 0.954. The number of para-hydroxylation sites is 1. The zero-order valence-corrected chi connectivity index (χ0v) is 8.66. The van der Waals surface area contributed by atoms with Gasteiger partial charge in [0.2, 0.25) is 0 Å². The Kier molecular flexibility index (Phi) is 1.96. The molecule has 0 spiro atoms. The fraction of sp³-hybridized carbons (Fsp3) is 0.308. The Hall–Kier alpha value is -1.41. The van der Waals surface area contributed by atoms with Crippen LogP contribution in [0.15, 0.2) is 24.3 Å². The summed E-state index contributed by atoms with van der Waals surface area (Å²) in [6, 6.07) is 8.15. The summed E-state index contributed by atoms with van der Waals surface area (Å²) in [5, 5.41) is 1.11. The minimum Gasteiger partial charge on any atom is -0.252 e. The first-order valence-corrected chi connectivity index (χ1v) is 5.52. The van der Waals surface area contributed by atoms with E-state index in [1.54, 1.807) is 0 Å². The summed E-state index contributed by atoms with van der Waals surface area (Å²) in [5.41, 5.74) is 10.7. The quantitative estimate of drug-likeness (QED) is 0.688. The molecular weight excluding hydrogens is 184 g/mol. The molecule has 0 aliphatic heterocycles. The van der Waals surface area contributed by atoms with Crippen molar-refractivity contribution >= 4 is 16.6 Å². The molecule has 0 atom stereocenters. The number of aryl methyl sites for hydroxylation is 1. The van der Waals surface area contributed by atoms with Crippen molar-refractivity contribution in [2.75, 3.05) is 0 Å². The summed E-state index contributed by atoms with van der Waals surface area (Å²) in [7, 11) is 0. The summed E-state index contributed by atoms with van der Waals surface area (Å²) in [5.74, 6) is 0. The molecule has 15 heavy (non-hydrogen) atoms. The van der Waals surface area contributed by atoms with Gasteiger partial charge in [-0.05, 0) is 37.8 Å². The maximum Gasteiger partial charge on any atom is 0.191 e. The molecule has 75 valence electrons. The third-order valence-electron chi connectivity index (χ3n) is 3.21. The molecule has 1 aromatic heterocycles. The number of nitrogens with zero attached hydrogens (tertiary/aromatic N) is 1. The molecule has 0 unspecified atom stereocenters. The van der Waals surface area contributed by atoms with Crippen LogP contribution in [0.4, 0.5) is 5.69 Å². The molecule has 1 aliphatic rings. The number of rotatable bonds is 0. The van der Waals surface area contributed by atoms with E-state index in [2.05, 4.69) is 6.07 Å². The number of hydrogen-bond donors (Lipinski definition) is 1. The molecular formula is C13H14N2+. The largest absolute Gasteiger partial charge is 0.252 e. The first-order valence-electron chi connectivity index (χ1n) is 5.52. The zero-order chi connectivity index (χ0) is 10.3. The van der Waals surface area contributed by atoms with Gasteiger partial charge in [-0.25, -0.2) is 0 Å². The van der Waals surface area contributed by atoms with Crippen LogP contribution < -0.4 is 5.73 Å². The number of fused-ring (bicyclic) bond motifs is 2. The van der Waals surface area contributed by atoms with Gasteiger partial charge in [-0.1, -0.05) is 12.1 Å². The molecule has 2 nitrogen and oxygen atoms in total. The van der Waals surface area contributed by atoms with Crippen LogP contribution in [0.25, 0.3) is 10.9 Å². The number of hydrogen-bond acceptors (Lipinski definition) is 2. The summed E-state index contributed by atoms with van der Waals surface area (Å²) < 4.78 is 0. The van der Waals surface area contributed by atoms with E-state index in [0.29, 0.717) is 0 Å². The molecule has 3 rings (SSSR count). The zero-order valence-electron chi connectivity index (χ0n) is 8.66. The fourth-order valence-corrected chi connectivity index (χ4v) is 2.41. The number of aromatic nitrogens is 1. The maximum absolute atomic E-state index is 6.20. The first-order chi connectivity index (χ1) is 7.36. The molecule has 1 radical (unpaired) electrons. The lowest BCUT2D eigenvalue weighted by atomic mass is 9.93. The monoisotopic (exact) mass is 198 g/mol. The molecule has 0 fully saturated rings. The lowest BCUT2D eigenvalue weighted by Gasteiger charge is -2.15. The second-order valence-electron chi connectivity index (χ2n) is 4.17. The highest BCUT2D eigenvalue weighted by molar-refractivity contribution is 5.89. The van der Waals surface area contributed by atoms with Gasteiger partial charge in [-0.2, -0.15) is 5.73 Å². The van der Waals surface area contributed by atoms with E-state index >= 15 is 0 Å². The van der Waals surface area contributed by atoms with E-state index in [1.807, 2.05) is 18.2 Å². The van der Waals surface area contributed by atoms with Crippen LogP contribution in [0.1, 0.15) is 24.1 Å². The van der Waals surface area contributed by atoms with Gasteiger partial charge in [0.25, 0.3) is 0 Å². The summed E-state index contributed by atoms with van der Waals surface area (Å²) in [6.07, 6.45) is 4.68. The Labute approximate surface area is 89.1 Å². The third kappa shape index (κ3) is 1.33. The van der Waals surface area contributed by atoms with Crippen LogP contribution in [0, 0.1) is 0 Å². The smallest absolute Gasteiger partial charge is 0.191 e. The van der Waals surface area contributed by atoms with Crippen LogP contribution in [0.5, 0.6) is 0 Å². The predicted octanol–water partition coefficient (Wildman–Crippen LogP) is 1.77. The Morgan fingerprint density at radius 1 is 1.07 bits per heavy atom. The van der Waals surface area contributed by atoms with E-state index in [-0.39, 0.29) is 0 Å². The van der Waals surface area contributed by atoms with Crippen molar-refractivity contribution in [1.29, 1.82) is 0 Å². The topological polar surface area (TPSA) is 38.2 Å². The lowest BCUT2D eigenvalue weighted by molar-refractivity contribution is -0.253. The molecule has 2 heteroatoms. The average Bonchev–Trinajstić information content (AvgIpc) is 2.30. The van der Waals surface area contributed by atoms with E-state index in [9.17, 15) is 0 Å². The van der Waals surface area contributed by atoms with Crippen LogP contribution >= 0.6 is 0 Å². The maximum atomic E-state index is 6.20. The SMILES string of the molecule is [NH2+]c1c2c(nc3ccccc13)CCCC2. The standard InChI is InChI=1S/C13H14N2/c14-13-9-5-1-3-7-11(9)15-12-8-4-2-6-10(12)13/h1,3,5,7H,2,4,6,8,14H2/q+1. The van der Waals surface area contributed by atoms with Crippen molar-refractivity contribution in [2.45, 2.75) is 25.7 Å². The number of benzene rings is 1. The molecule has 0 saturated heterocycles. The highest BCUT2D eigenvalue weighted by Crippen LogP contribution is 2.29. The van der Waals surface area contributed by atoms with Crippen LogP contribution in [-0.4, -0.2) is 4.98 Å². The number of pyridine rings is 1. The Balaban J connectivity index is 2.36. The summed E-state index contributed by atoms with van der Waals surface area (Å²) >= 11 is 0. The van der Waals surface area contributed by atoms with Gasteiger partial charge in [0.1, 0.15) is 0 Å². The van der Waals surface area contributed by atoms with Gasteiger partial charge in [-0.3, -0.25) is 4.98 Å². The number of nitrogens with two attached hydrogens (primary N) is 1. The Bertz CT molecular complexity index is 517. The molecule has 1 heterocycles. The fourth-order valence-electron chi connectivity index (χ4n) is 2.41. The van der Waals surface area contributed by atoms with E-state index in [4.69, 9.17) is 10.7 Å². The lowest BCUT2D eigenvalue weighted by Crippen LogP contribution is -2.42. The Morgan fingerprint density at radius 3 is 2.80 bits per heavy atom. The average molecular weight is 198 g/mol. The van der Waals surface area contributed by atoms with E-state index in [1.165, 1.54) is 24.1 Å². The number of nitrogen functional groups attached to an aromatic ring is 1. The van der Waals surface area contributed by atoms with Crippen LogP contribution in [0.2, 0.25) is 0 Å². The first kappa shape index (κ1) is 8.86. The van der Waals surface area contributed by atoms with Gasteiger partial charge in [0.05, 0.1) is 16.6 Å². The van der Waals surface area contributed by atoms with Gasteiger partial charge in [0, 0.05) is 5.56 Å². The molecule has 0 amide bonds. The minimum absolute atomic E-state index is 0.954. The molecule has 1 aliphatic carbocycles. The molecule has 0 bridgehead atoms. The van der Waals surface area contributed by atoms with E-state index in [0.717, 1.165) is 29.4 Å². The summed E-state index contributed by atoms with van der Waals surface area (Å²) in [6.45, 7) is 0. The normalized spacial score (nSPS) is 15.3. The highest BCUT2D eigenvalue weighted by Gasteiger charge is 2.19. The third-order valence-corrected chi connectivity index (χ3v) is 3.21. The highest BCUT2D eigenvalue weighted by atomic mass is 14.7. The van der Waals surface area contributed by atoms with Crippen molar-refractivity contribution in [2.24, 2.45) is 0 Å². The molecule has 0 saturated carbocycles. The van der Waals surface area contributed by atoms with Gasteiger partial charge >= 0.3 is 0 Å². The molecule has 2 aromatic rings. The number of anilines is 1.